The molecule has 0 radical (unpaired) electrons. The van der Waals surface area contributed by atoms with Crippen LogP contribution in [0.25, 0.3) is 0 Å². The Bertz CT molecular complexity index is 619. The van der Waals surface area contributed by atoms with Crippen molar-refractivity contribution in [2.45, 2.75) is 20.1 Å². The van der Waals surface area contributed by atoms with Crippen molar-refractivity contribution < 1.29 is 4.74 Å². The lowest BCUT2D eigenvalue weighted by Gasteiger charge is -2.10. The Morgan fingerprint density at radius 3 is 2.48 bits per heavy atom. The van der Waals surface area contributed by atoms with Crippen LogP contribution in [0.3, 0.4) is 0 Å². The van der Waals surface area contributed by atoms with Gasteiger partial charge in [-0.05, 0) is 57.9 Å². The van der Waals surface area contributed by atoms with Crippen molar-refractivity contribution in [1.29, 1.82) is 0 Å². The van der Waals surface area contributed by atoms with E-state index in [1.54, 1.807) is 6.07 Å². The minimum Gasteiger partial charge on any atom is -0.488 e. The fourth-order valence-corrected chi connectivity index (χ4v) is 2.69. The highest BCUT2D eigenvalue weighted by molar-refractivity contribution is 9.10. The second-order valence-electron chi connectivity index (χ2n) is 4.58. The number of halogens is 3. The standard InChI is InChI=1S/C16H16BrCl2NO/c1-2-20-9-11-4-6-16(13(17)7-11)21-10-12-3-5-14(18)15(19)8-12/h3-8,20H,2,9-10H2,1H3. The fourth-order valence-electron chi connectivity index (χ4n) is 1.83. The van der Waals surface area contributed by atoms with Gasteiger partial charge in [-0.1, -0.05) is 42.3 Å². The smallest absolute Gasteiger partial charge is 0.134 e. The number of hydrogen-bond acceptors (Lipinski definition) is 2. The van der Waals surface area contributed by atoms with Crippen LogP contribution in [0.15, 0.2) is 40.9 Å². The molecule has 5 heteroatoms. The van der Waals surface area contributed by atoms with E-state index >= 15 is 0 Å². The van der Waals surface area contributed by atoms with Gasteiger partial charge < -0.3 is 10.1 Å². The zero-order chi connectivity index (χ0) is 15.2. The van der Waals surface area contributed by atoms with Crippen LogP contribution in [-0.4, -0.2) is 6.54 Å². The number of rotatable bonds is 6. The van der Waals surface area contributed by atoms with Gasteiger partial charge in [0.25, 0.3) is 0 Å². The quantitative estimate of drug-likeness (QED) is 0.710. The lowest BCUT2D eigenvalue weighted by molar-refractivity contribution is 0.304. The number of benzene rings is 2. The van der Waals surface area contributed by atoms with Crippen LogP contribution in [0, 0.1) is 0 Å². The summed E-state index contributed by atoms with van der Waals surface area (Å²) < 4.78 is 6.75. The zero-order valence-corrected chi connectivity index (χ0v) is 14.7. The number of hydrogen-bond donors (Lipinski definition) is 1. The maximum absolute atomic E-state index is 5.99. The molecule has 0 atom stereocenters. The van der Waals surface area contributed by atoms with Crippen LogP contribution in [0.4, 0.5) is 0 Å². The lowest BCUT2D eigenvalue weighted by Crippen LogP contribution is -2.11. The number of ether oxygens (including phenoxy) is 1. The Hall–Kier alpha value is -0.740. The predicted molar refractivity (Wildman–Crippen MR) is 92.3 cm³/mol. The van der Waals surface area contributed by atoms with Crippen molar-refractivity contribution in [1.82, 2.24) is 5.32 Å². The Morgan fingerprint density at radius 2 is 1.81 bits per heavy atom. The highest BCUT2D eigenvalue weighted by atomic mass is 79.9. The minimum absolute atomic E-state index is 0.446. The van der Waals surface area contributed by atoms with E-state index in [4.69, 9.17) is 27.9 Å². The summed E-state index contributed by atoms with van der Waals surface area (Å²) in [6.45, 7) is 4.33. The molecule has 0 unspecified atom stereocenters. The van der Waals surface area contributed by atoms with E-state index in [1.807, 2.05) is 18.2 Å². The monoisotopic (exact) mass is 387 g/mol. The molecule has 0 heterocycles. The molecule has 0 fully saturated rings. The summed E-state index contributed by atoms with van der Waals surface area (Å²) in [4.78, 5) is 0. The molecule has 2 aromatic carbocycles. The minimum atomic E-state index is 0.446. The topological polar surface area (TPSA) is 21.3 Å². The zero-order valence-electron chi connectivity index (χ0n) is 11.6. The average Bonchev–Trinajstić information content (AvgIpc) is 2.47. The Balaban J connectivity index is 2.01. The summed E-state index contributed by atoms with van der Waals surface area (Å²) in [5, 5.41) is 4.38. The Labute approximate surface area is 143 Å². The van der Waals surface area contributed by atoms with Crippen molar-refractivity contribution in [3.8, 4) is 5.75 Å². The summed E-state index contributed by atoms with van der Waals surface area (Å²) >= 11 is 15.4. The SMILES string of the molecule is CCNCc1ccc(OCc2ccc(Cl)c(Cl)c2)c(Br)c1. The summed E-state index contributed by atoms with van der Waals surface area (Å²) in [5.74, 6) is 0.807. The molecule has 112 valence electrons. The molecule has 0 saturated heterocycles. The second kappa shape index (κ2) is 8.04. The molecule has 0 amide bonds. The normalized spacial score (nSPS) is 10.7. The van der Waals surface area contributed by atoms with Gasteiger partial charge in [-0.15, -0.1) is 0 Å². The molecule has 2 rings (SSSR count). The summed E-state index contributed by atoms with van der Waals surface area (Å²) in [7, 11) is 0. The van der Waals surface area contributed by atoms with Crippen molar-refractivity contribution in [3.63, 3.8) is 0 Å². The molecule has 2 nitrogen and oxygen atoms in total. The number of nitrogens with one attached hydrogen (secondary N) is 1. The predicted octanol–water partition coefficient (Wildman–Crippen LogP) is 5.44. The molecule has 0 bridgehead atoms. The molecular weight excluding hydrogens is 373 g/mol. The maximum Gasteiger partial charge on any atom is 0.134 e. The largest absolute Gasteiger partial charge is 0.488 e. The molecule has 2 aromatic rings. The fraction of sp³-hybridized carbons (Fsp3) is 0.250. The van der Waals surface area contributed by atoms with Crippen LogP contribution < -0.4 is 10.1 Å². The molecule has 0 aliphatic carbocycles. The first-order chi connectivity index (χ1) is 10.1. The molecule has 0 aliphatic heterocycles. The van der Waals surface area contributed by atoms with E-state index in [1.165, 1.54) is 5.56 Å². The van der Waals surface area contributed by atoms with E-state index in [2.05, 4.69) is 40.3 Å². The highest BCUT2D eigenvalue weighted by Crippen LogP contribution is 2.28. The molecule has 0 saturated carbocycles. The third-order valence-corrected chi connectivity index (χ3v) is 4.31. The van der Waals surface area contributed by atoms with E-state index in [0.717, 1.165) is 28.9 Å². The van der Waals surface area contributed by atoms with Crippen LogP contribution in [0.2, 0.25) is 10.0 Å². The van der Waals surface area contributed by atoms with Crippen molar-refractivity contribution in [2.24, 2.45) is 0 Å². The first kappa shape index (κ1) is 16.6. The van der Waals surface area contributed by atoms with E-state index in [0.29, 0.717) is 16.7 Å². The van der Waals surface area contributed by atoms with Crippen molar-refractivity contribution in [3.05, 3.63) is 62.0 Å². The lowest BCUT2D eigenvalue weighted by atomic mass is 10.2. The van der Waals surface area contributed by atoms with Gasteiger partial charge in [0.1, 0.15) is 12.4 Å². The molecule has 21 heavy (non-hydrogen) atoms. The van der Waals surface area contributed by atoms with E-state index in [-0.39, 0.29) is 0 Å². The third kappa shape index (κ3) is 4.89. The Kier molecular flexibility index (Phi) is 6.37. The molecular formula is C16H16BrCl2NO. The van der Waals surface area contributed by atoms with E-state index < -0.39 is 0 Å². The maximum atomic E-state index is 5.99. The van der Waals surface area contributed by atoms with Gasteiger partial charge in [0, 0.05) is 6.54 Å². The van der Waals surface area contributed by atoms with Crippen LogP contribution in [-0.2, 0) is 13.2 Å². The molecule has 0 aliphatic rings. The Morgan fingerprint density at radius 1 is 1.05 bits per heavy atom. The first-order valence-electron chi connectivity index (χ1n) is 6.66. The molecule has 0 spiro atoms. The van der Waals surface area contributed by atoms with Gasteiger partial charge in [-0.25, -0.2) is 0 Å². The van der Waals surface area contributed by atoms with E-state index in [9.17, 15) is 0 Å². The molecule has 0 aromatic heterocycles. The van der Waals surface area contributed by atoms with Crippen molar-refractivity contribution >= 4 is 39.1 Å². The summed E-state index contributed by atoms with van der Waals surface area (Å²) in [6.07, 6.45) is 0. The van der Waals surface area contributed by atoms with Crippen LogP contribution in [0.1, 0.15) is 18.1 Å². The van der Waals surface area contributed by atoms with Gasteiger partial charge in [-0.2, -0.15) is 0 Å². The first-order valence-corrected chi connectivity index (χ1v) is 8.21. The van der Waals surface area contributed by atoms with Gasteiger partial charge in [0.15, 0.2) is 0 Å². The van der Waals surface area contributed by atoms with Crippen LogP contribution in [0.5, 0.6) is 5.75 Å². The average molecular weight is 389 g/mol. The highest BCUT2D eigenvalue weighted by Gasteiger charge is 2.05. The van der Waals surface area contributed by atoms with Crippen molar-refractivity contribution in [2.75, 3.05) is 6.54 Å². The van der Waals surface area contributed by atoms with Gasteiger partial charge in [-0.3, -0.25) is 0 Å². The second-order valence-corrected chi connectivity index (χ2v) is 6.25. The summed E-state index contributed by atoms with van der Waals surface area (Å²) in [6, 6.07) is 11.6. The summed E-state index contributed by atoms with van der Waals surface area (Å²) in [5.41, 5.74) is 2.19. The third-order valence-electron chi connectivity index (χ3n) is 2.95. The van der Waals surface area contributed by atoms with Gasteiger partial charge in [0.05, 0.1) is 14.5 Å². The van der Waals surface area contributed by atoms with Gasteiger partial charge >= 0.3 is 0 Å². The van der Waals surface area contributed by atoms with Crippen LogP contribution >= 0.6 is 39.1 Å². The molecule has 1 N–H and O–H groups in total. The van der Waals surface area contributed by atoms with Gasteiger partial charge in [0.2, 0.25) is 0 Å².